The average molecular weight is 291 g/mol. The normalized spacial score (nSPS) is 27.6. The molecule has 1 saturated heterocycles. The lowest BCUT2D eigenvalue weighted by Gasteiger charge is -2.38. The van der Waals surface area contributed by atoms with Crippen LogP contribution >= 0.6 is 15.9 Å². The van der Waals surface area contributed by atoms with Crippen LogP contribution in [0.4, 0.5) is 0 Å². The van der Waals surface area contributed by atoms with Gasteiger partial charge in [0.05, 0.1) is 11.7 Å². The van der Waals surface area contributed by atoms with Crippen molar-refractivity contribution in [3.05, 3.63) is 0 Å². The maximum atomic E-state index is 6.42. The van der Waals surface area contributed by atoms with E-state index >= 15 is 0 Å². The molecule has 0 amide bonds. The number of halogens is 1. The molecule has 3 heteroatoms. The second kappa shape index (κ2) is 6.36. The van der Waals surface area contributed by atoms with E-state index in [0.717, 1.165) is 31.4 Å². The van der Waals surface area contributed by atoms with Crippen molar-refractivity contribution in [3.8, 4) is 0 Å². The van der Waals surface area contributed by atoms with Crippen LogP contribution in [-0.4, -0.2) is 30.2 Å². The van der Waals surface area contributed by atoms with Gasteiger partial charge in [-0.05, 0) is 12.8 Å². The predicted molar refractivity (Wildman–Crippen MR) is 69.2 cm³/mol. The quantitative estimate of drug-likeness (QED) is 0.583. The first-order valence-corrected chi connectivity index (χ1v) is 7.78. The molecule has 0 aromatic heterocycles. The molecule has 1 aliphatic heterocycles. The molecule has 1 saturated carbocycles. The minimum absolute atomic E-state index is 0.0628. The molecule has 1 aliphatic carbocycles. The second-order valence-electron chi connectivity index (χ2n) is 5.16. The monoisotopic (exact) mass is 290 g/mol. The molecule has 2 aliphatic rings. The Labute approximate surface area is 107 Å². The van der Waals surface area contributed by atoms with Crippen molar-refractivity contribution in [1.29, 1.82) is 0 Å². The van der Waals surface area contributed by atoms with Gasteiger partial charge in [-0.25, -0.2) is 0 Å². The van der Waals surface area contributed by atoms with Gasteiger partial charge < -0.3 is 9.47 Å². The Balaban J connectivity index is 1.88. The van der Waals surface area contributed by atoms with Crippen molar-refractivity contribution >= 4 is 15.9 Å². The standard InChI is InChI=1S/C13H23BrO2/c14-11-13(7-9-15-10-8-13)16-12-5-3-1-2-4-6-12/h12H,1-11H2. The van der Waals surface area contributed by atoms with Crippen LogP contribution in [0.1, 0.15) is 51.4 Å². The molecule has 0 aromatic carbocycles. The summed E-state index contributed by atoms with van der Waals surface area (Å²) in [5.74, 6) is 0. The smallest absolute Gasteiger partial charge is 0.0826 e. The topological polar surface area (TPSA) is 18.5 Å². The van der Waals surface area contributed by atoms with E-state index in [2.05, 4.69) is 15.9 Å². The number of alkyl halides is 1. The lowest BCUT2D eigenvalue weighted by molar-refractivity contribution is -0.132. The van der Waals surface area contributed by atoms with Crippen molar-refractivity contribution in [1.82, 2.24) is 0 Å². The highest BCUT2D eigenvalue weighted by Gasteiger charge is 2.35. The Morgan fingerprint density at radius 2 is 1.69 bits per heavy atom. The molecule has 16 heavy (non-hydrogen) atoms. The van der Waals surface area contributed by atoms with E-state index in [4.69, 9.17) is 9.47 Å². The fourth-order valence-corrected chi connectivity index (χ4v) is 3.43. The Kier molecular flexibility index (Phi) is 5.11. The highest BCUT2D eigenvalue weighted by molar-refractivity contribution is 9.09. The summed E-state index contributed by atoms with van der Waals surface area (Å²) in [4.78, 5) is 0. The lowest BCUT2D eigenvalue weighted by atomic mass is 9.95. The molecule has 0 bridgehead atoms. The van der Waals surface area contributed by atoms with Crippen molar-refractivity contribution < 1.29 is 9.47 Å². The molecule has 2 fully saturated rings. The van der Waals surface area contributed by atoms with Gasteiger partial charge in [0, 0.05) is 31.4 Å². The van der Waals surface area contributed by atoms with Crippen LogP contribution in [-0.2, 0) is 9.47 Å². The molecule has 0 unspecified atom stereocenters. The van der Waals surface area contributed by atoms with Gasteiger partial charge in [-0.2, -0.15) is 0 Å². The van der Waals surface area contributed by atoms with Crippen LogP contribution in [0.5, 0.6) is 0 Å². The van der Waals surface area contributed by atoms with E-state index in [1.165, 1.54) is 38.5 Å². The SMILES string of the molecule is BrCC1(OC2CCCCCC2)CCOCC1. The number of hydrogen-bond donors (Lipinski definition) is 0. The molecule has 2 nitrogen and oxygen atoms in total. The number of hydrogen-bond acceptors (Lipinski definition) is 2. The highest BCUT2D eigenvalue weighted by Crippen LogP contribution is 2.32. The zero-order valence-corrected chi connectivity index (χ0v) is 11.6. The van der Waals surface area contributed by atoms with Crippen molar-refractivity contribution in [2.24, 2.45) is 0 Å². The molecule has 0 spiro atoms. The summed E-state index contributed by atoms with van der Waals surface area (Å²) in [5, 5.41) is 0.958. The third kappa shape index (κ3) is 3.44. The first-order chi connectivity index (χ1) is 7.85. The van der Waals surface area contributed by atoms with Crippen molar-refractivity contribution in [3.63, 3.8) is 0 Å². The van der Waals surface area contributed by atoms with Crippen LogP contribution in [0.2, 0.25) is 0 Å². The van der Waals surface area contributed by atoms with Crippen molar-refractivity contribution in [2.75, 3.05) is 18.5 Å². The highest BCUT2D eigenvalue weighted by atomic mass is 79.9. The van der Waals surface area contributed by atoms with Crippen LogP contribution in [0, 0.1) is 0 Å². The summed E-state index contributed by atoms with van der Waals surface area (Å²) in [6.07, 6.45) is 10.6. The Bertz CT molecular complexity index is 194. The zero-order chi connectivity index (χ0) is 11.3. The van der Waals surface area contributed by atoms with E-state index in [9.17, 15) is 0 Å². The van der Waals surface area contributed by atoms with Crippen LogP contribution < -0.4 is 0 Å². The van der Waals surface area contributed by atoms with Gasteiger partial charge in [-0.1, -0.05) is 41.6 Å². The summed E-state index contributed by atoms with van der Waals surface area (Å²) in [5.41, 5.74) is 0.0628. The predicted octanol–water partition coefficient (Wildman–Crippen LogP) is 3.67. The summed E-state index contributed by atoms with van der Waals surface area (Å²) in [6, 6.07) is 0. The minimum atomic E-state index is 0.0628. The van der Waals surface area contributed by atoms with Gasteiger partial charge in [0.1, 0.15) is 0 Å². The van der Waals surface area contributed by atoms with E-state index in [-0.39, 0.29) is 5.60 Å². The van der Waals surface area contributed by atoms with E-state index < -0.39 is 0 Å². The Morgan fingerprint density at radius 1 is 1.06 bits per heavy atom. The lowest BCUT2D eigenvalue weighted by Crippen LogP contribution is -2.43. The van der Waals surface area contributed by atoms with Gasteiger partial charge in [-0.15, -0.1) is 0 Å². The maximum Gasteiger partial charge on any atom is 0.0826 e. The van der Waals surface area contributed by atoms with Crippen LogP contribution in [0.15, 0.2) is 0 Å². The van der Waals surface area contributed by atoms with E-state index in [1.54, 1.807) is 0 Å². The third-order valence-electron chi connectivity index (χ3n) is 3.87. The van der Waals surface area contributed by atoms with Crippen LogP contribution in [0.25, 0.3) is 0 Å². The summed E-state index contributed by atoms with van der Waals surface area (Å²) in [7, 11) is 0. The fourth-order valence-electron chi connectivity index (χ4n) is 2.74. The largest absolute Gasteiger partial charge is 0.381 e. The Morgan fingerprint density at radius 3 is 2.25 bits per heavy atom. The zero-order valence-electron chi connectivity index (χ0n) is 10.0. The summed E-state index contributed by atoms with van der Waals surface area (Å²) >= 11 is 3.63. The molecule has 94 valence electrons. The maximum absolute atomic E-state index is 6.42. The first kappa shape index (κ1) is 12.8. The molecule has 0 aromatic rings. The molecular formula is C13H23BrO2. The van der Waals surface area contributed by atoms with Crippen molar-refractivity contribution in [2.45, 2.75) is 63.1 Å². The fraction of sp³-hybridized carbons (Fsp3) is 1.00. The van der Waals surface area contributed by atoms with Gasteiger partial charge in [0.15, 0.2) is 0 Å². The Hall–Kier alpha value is 0.400. The second-order valence-corrected chi connectivity index (χ2v) is 5.72. The first-order valence-electron chi connectivity index (χ1n) is 6.66. The molecule has 0 N–H and O–H groups in total. The average Bonchev–Trinajstić information content (AvgIpc) is 2.59. The molecule has 2 rings (SSSR count). The number of ether oxygens (including phenoxy) is 2. The van der Waals surface area contributed by atoms with E-state index in [0.29, 0.717) is 6.10 Å². The summed E-state index contributed by atoms with van der Waals surface area (Å²) in [6.45, 7) is 1.72. The van der Waals surface area contributed by atoms with Gasteiger partial charge in [0.25, 0.3) is 0 Å². The van der Waals surface area contributed by atoms with Crippen LogP contribution in [0.3, 0.4) is 0 Å². The molecule has 0 atom stereocenters. The van der Waals surface area contributed by atoms with E-state index in [1.807, 2.05) is 0 Å². The molecular weight excluding hydrogens is 268 g/mol. The van der Waals surface area contributed by atoms with Gasteiger partial charge >= 0.3 is 0 Å². The minimum Gasteiger partial charge on any atom is -0.381 e. The summed E-state index contributed by atoms with van der Waals surface area (Å²) < 4.78 is 11.9. The van der Waals surface area contributed by atoms with Gasteiger partial charge in [-0.3, -0.25) is 0 Å². The molecule has 1 heterocycles. The third-order valence-corrected chi connectivity index (χ3v) is 4.89. The number of rotatable bonds is 3. The van der Waals surface area contributed by atoms with Gasteiger partial charge in [0.2, 0.25) is 0 Å². The molecule has 0 radical (unpaired) electrons.